The average molecular weight is 1540 g/mol. The molecule has 33 heteroatoms. The number of nitrogens with zero attached hydrogens (tertiary/aromatic N) is 19. The van der Waals surface area contributed by atoms with Crippen LogP contribution in [0.4, 0.5) is 25.8 Å². The maximum absolute atomic E-state index is 14.1. The Morgan fingerprint density at radius 2 is 0.953 bits per heavy atom. The van der Waals surface area contributed by atoms with Gasteiger partial charge in [0.05, 0.1) is 48.1 Å². The first kappa shape index (κ1) is 75.8. The van der Waals surface area contributed by atoms with Crippen molar-refractivity contribution < 1.29 is 42.3 Å². The first-order valence-electron chi connectivity index (χ1n) is 35.0. The number of hydrogen-bond donors (Lipinski definition) is 1. The Bertz CT molecular complexity index is 4650. The van der Waals surface area contributed by atoms with Gasteiger partial charge in [0.1, 0.15) is 124 Å². The van der Waals surface area contributed by atoms with Crippen LogP contribution in [0.25, 0.3) is 5.69 Å². The van der Waals surface area contributed by atoms with Gasteiger partial charge in [-0.15, -0.1) is 0 Å². The van der Waals surface area contributed by atoms with E-state index in [1.807, 2.05) is 62.4 Å². The lowest BCUT2D eigenvalue weighted by atomic mass is 9.93. The molecule has 4 aliphatic rings. The fourth-order valence-electron chi connectivity index (χ4n) is 13.2. The van der Waals surface area contributed by atoms with Crippen molar-refractivity contribution >= 4 is 63.5 Å². The number of benzene rings is 6. The van der Waals surface area contributed by atoms with Crippen molar-refractivity contribution in [3.8, 4) is 17.2 Å². The molecular weight excluding hydrogens is 1460 g/mol. The van der Waals surface area contributed by atoms with Crippen LogP contribution in [0.15, 0.2) is 189 Å². The lowest BCUT2D eigenvalue weighted by Gasteiger charge is -2.38. The highest BCUT2D eigenvalue weighted by molar-refractivity contribution is 6.35. The molecule has 4 aliphatic heterocycles. The molecule has 5 atom stereocenters. The fraction of sp³-hybridized carbons (Fsp3) is 0.378. The summed E-state index contributed by atoms with van der Waals surface area (Å²) in [5.74, 6) is -2.30. The van der Waals surface area contributed by atoms with Gasteiger partial charge in [-0.1, -0.05) is 71.5 Å². The topological polar surface area (TPSA) is 251 Å². The van der Waals surface area contributed by atoms with E-state index in [-0.39, 0.29) is 49.1 Å². The van der Waals surface area contributed by atoms with Gasteiger partial charge in [0.2, 0.25) is 11.6 Å². The molecular formula is C74H81Cl4F2N19O8. The molecule has 11 aromatic rings. The summed E-state index contributed by atoms with van der Waals surface area (Å²) in [7, 11) is 0. The van der Waals surface area contributed by atoms with E-state index in [0.29, 0.717) is 70.2 Å². The number of halogens is 6. The van der Waals surface area contributed by atoms with Gasteiger partial charge in [0.15, 0.2) is 0 Å². The van der Waals surface area contributed by atoms with Crippen molar-refractivity contribution in [3.05, 3.63) is 243 Å². The van der Waals surface area contributed by atoms with Crippen molar-refractivity contribution in [1.29, 1.82) is 0 Å². The molecule has 562 valence electrons. The van der Waals surface area contributed by atoms with E-state index < -0.39 is 28.8 Å². The van der Waals surface area contributed by atoms with Crippen molar-refractivity contribution in [3.63, 3.8) is 0 Å². The predicted octanol–water partition coefficient (Wildman–Crippen LogP) is 10.8. The molecule has 0 aliphatic carbocycles. The SMILES string of the molecule is CC(C)N1CCN(c2ccc(OC[C@H]3CO[C@](Cn4cncn4)(c4ccc(Cl)cc4Cl)O3)cc2)CC1.CCC(C)n1ncn(-c2ccc(N3CCN(c4ccc(OC[C@H]5CO[C@](Cn6cncn6)(c6ccc(Cl)cc6Cl)O5)cc4)CC3)cc2)c1=O.OC(Cn1cncn1)(Cn1cncn1)c1ccc(F)cc1F. The predicted molar refractivity (Wildman–Crippen MR) is 398 cm³/mol. The molecule has 4 saturated heterocycles. The van der Waals surface area contributed by atoms with Crippen LogP contribution in [-0.2, 0) is 62.3 Å². The largest absolute Gasteiger partial charge is 0.491 e. The highest BCUT2D eigenvalue weighted by Gasteiger charge is 2.47. The lowest BCUT2D eigenvalue weighted by molar-refractivity contribution is -0.191. The number of aliphatic hydroxyl groups is 1. The van der Waals surface area contributed by atoms with E-state index in [2.05, 4.69) is 115 Å². The summed E-state index contributed by atoms with van der Waals surface area (Å²) in [6, 6.07) is 38.7. The van der Waals surface area contributed by atoms with Crippen molar-refractivity contribution in [2.45, 2.75) is 102 Å². The molecule has 0 bridgehead atoms. The second-order valence-corrected chi connectivity index (χ2v) is 28.3. The summed E-state index contributed by atoms with van der Waals surface area (Å²) in [5, 5.41) is 33.5. The maximum Gasteiger partial charge on any atom is 0.350 e. The Kier molecular flexibility index (Phi) is 24.3. The third kappa shape index (κ3) is 18.4. The zero-order valence-electron chi connectivity index (χ0n) is 59.2. The summed E-state index contributed by atoms with van der Waals surface area (Å²) in [6.45, 7) is 18.1. The van der Waals surface area contributed by atoms with Crippen LogP contribution >= 0.6 is 46.4 Å². The molecule has 9 heterocycles. The molecule has 0 amide bonds. The molecule has 1 N–H and O–H groups in total. The molecule has 1 unspecified atom stereocenters. The van der Waals surface area contributed by atoms with Crippen LogP contribution < -0.4 is 29.9 Å². The zero-order chi connectivity index (χ0) is 74.7. The Hall–Kier alpha value is -9.40. The Morgan fingerprint density at radius 3 is 1.36 bits per heavy atom. The van der Waals surface area contributed by atoms with Crippen LogP contribution in [0.5, 0.6) is 11.5 Å². The van der Waals surface area contributed by atoms with Crippen LogP contribution in [0.1, 0.15) is 56.8 Å². The third-order valence-corrected chi connectivity index (χ3v) is 20.2. The van der Waals surface area contributed by atoms with E-state index in [1.54, 1.807) is 57.2 Å². The Labute approximate surface area is 636 Å². The normalized spacial score (nSPS) is 19.3. The van der Waals surface area contributed by atoms with Crippen LogP contribution in [0, 0.1) is 11.6 Å². The van der Waals surface area contributed by atoms with Crippen molar-refractivity contribution in [2.75, 3.05) is 93.5 Å². The molecule has 4 fully saturated rings. The molecule has 5 aromatic heterocycles. The zero-order valence-corrected chi connectivity index (χ0v) is 62.2. The Morgan fingerprint density at radius 1 is 0.533 bits per heavy atom. The van der Waals surface area contributed by atoms with Crippen LogP contribution in [0.2, 0.25) is 20.1 Å². The molecule has 0 radical (unpaired) electrons. The summed E-state index contributed by atoms with van der Waals surface area (Å²) >= 11 is 25.4. The quantitative estimate of drug-likeness (QED) is 0.0590. The third-order valence-electron chi connectivity index (χ3n) is 19.1. The smallest absolute Gasteiger partial charge is 0.350 e. The number of anilines is 3. The van der Waals surface area contributed by atoms with E-state index in [1.165, 1.54) is 63.8 Å². The number of rotatable bonds is 24. The summed E-state index contributed by atoms with van der Waals surface area (Å²) in [6.07, 6.45) is 13.4. The number of hydrogen-bond acceptors (Lipinski definition) is 21. The number of aromatic nitrogens is 15. The van der Waals surface area contributed by atoms with Gasteiger partial charge in [-0.2, -0.15) is 25.5 Å². The van der Waals surface area contributed by atoms with Gasteiger partial charge >= 0.3 is 5.69 Å². The van der Waals surface area contributed by atoms with E-state index in [9.17, 15) is 18.7 Å². The Balaban J connectivity index is 0.000000152. The molecule has 0 spiro atoms. The van der Waals surface area contributed by atoms with Gasteiger partial charge in [-0.3, -0.25) is 4.90 Å². The van der Waals surface area contributed by atoms with Gasteiger partial charge in [0.25, 0.3) is 0 Å². The molecule has 0 saturated carbocycles. The summed E-state index contributed by atoms with van der Waals surface area (Å²) in [5.41, 5.74) is 3.80. The second kappa shape index (κ2) is 34.2. The first-order chi connectivity index (χ1) is 51.8. The highest BCUT2D eigenvalue weighted by Crippen LogP contribution is 2.43. The fourth-order valence-corrected chi connectivity index (χ4v) is 14.3. The molecule has 27 nitrogen and oxygen atoms in total. The number of piperazine rings is 2. The minimum absolute atomic E-state index is 0.0556. The molecule has 15 rings (SSSR count). The maximum atomic E-state index is 14.1. The standard InChI is InChI=1S/C35H38Cl2N8O4.C26H31Cl2N5O3.C13H12F2N6O/c1-3-25(2)45-34(46)44(24-40-45)29-7-5-27(6-8-29)41-14-16-42(17-15-41)28-9-11-30(12-10-28)47-19-31-20-48-35(49-31,21-43-23-38-22-39-43)32-13-4-26(36)18-33(32)37;1-19(2)31-9-11-32(12-10-31)21-4-6-22(7-5-21)34-14-23-15-35-26(36-23,16-33-18-29-17-30-33)24-8-3-20(27)13-25(24)28;14-10-1-2-11(12(15)3-10)13(22,4-20-8-16-6-18-20)5-21-9-17-7-19-21/h4-13,18,22-25,31H,3,14-17,19-21H2,1-2H3;3-8,13,17-19,23H,9-12,14-16H2,1-2H3;1-3,6-9,22H,4-5H2/t25?,31-,35-;23-,26-;/m00./s1. The first-order valence-corrected chi connectivity index (χ1v) is 36.5. The minimum atomic E-state index is -1.70. The van der Waals surface area contributed by atoms with E-state index in [0.717, 1.165) is 99.5 Å². The van der Waals surface area contributed by atoms with Crippen molar-refractivity contribution in [2.24, 2.45) is 0 Å². The van der Waals surface area contributed by atoms with E-state index in [4.69, 9.17) is 74.8 Å². The summed E-state index contributed by atoms with van der Waals surface area (Å²) < 4.78 is 74.0. The lowest BCUT2D eigenvalue weighted by Crippen LogP contribution is -2.48. The minimum Gasteiger partial charge on any atom is -0.491 e. The molecule has 6 aromatic carbocycles. The van der Waals surface area contributed by atoms with Crippen LogP contribution in [-0.4, -0.2) is 180 Å². The molecule has 107 heavy (non-hydrogen) atoms. The van der Waals surface area contributed by atoms with Gasteiger partial charge < -0.3 is 48.2 Å². The van der Waals surface area contributed by atoms with Gasteiger partial charge in [0, 0.05) is 108 Å². The van der Waals surface area contributed by atoms with Crippen molar-refractivity contribution in [1.82, 2.24) is 78.3 Å². The summed E-state index contributed by atoms with van der Waals surface area (Å²) in [4.78, 5) is 38.1. The van der Waals surface area contributed by atoms with Gasteiger partial charge in [-0.25, -0.2) is 61.5 Å². The van der Waals surface area contributed by atoms with Crippen LogP contribution in [0.3, 0.4) is 0 Å². The van der Waals surface area contributed by atoms with Gasteiger partial charge in [-0.05, 0) is 130 Å². The second-order valence-electron chi connectivity index (χ2n) is 26.6. The van der Waals surface area contributed by atoms with E-state index >= 15 is 0 Å². The highest BCUT2D eigenvalue weighted by atomic mass is 35.5. The number of ether oxygens (including phenoxy) is 6. The average Bonchev–Trinajstić information content (AvgIpc) is 1.72. The monoisotopic (exact) mass is 1540 g/mol.